The maximum atomic E-state index is 6.07. The van der Waals surface area contributed by atoms with Crippen molar-refractivity contribution in [2.24, 2.45) is 11.7 Å². The van der Waals surface area contributed by atoms with E-state index in [4.69, 9.17) is 5.73 Å². The second-order valence-corrected chi connectivity index (χ2v) is 6.20. The zero-order chi connectivity index (χ0) is 13.8. The molecule has 2 rings (SSSR count). The maximum absolute atomic E-state index is 6.07. The van der Waals surface area contributed by atoms with E-state index < -0.39 is 0 Å². The molecule has 0 heterocycles. The Kier molecular flexibility index (Phi) is 5.00. The molecule has 2 heteroatoms. The molecule has 1 aliphatic carbocycles. The van der Waals surface area contributed by atoms with Gasteiger partial charge in [0.25, 0.3) is 0 Å². The van der Waals surface area contributed by atoms with E-state index >= 15 is 0 Å². The fourth-order valence-electron chi connectivity index (χ4n) is 3.50. The van der Waals surface area contributed by atoms with Crippen LogP contribution in [0.2, 0.25) is 0 Å². The molecule has 1 saturated carbocycles. The molecule has 0 aromatic heterocycles. The maximum Gasteiger partial charge on any atom is 0.0472 e. The van der Waals surface area contributed by atoms with E-state index in [9.17, 15) is 0 Å². The van der Waals surface area contributed by atoms with Crippen molar-refractivity contribution in [2.75, 3.05) is 13.6 Å². The van der Waals surface area contributed by atoms with Gasteiger partial charge in [-0.2, -0.15) is 0 Å². The molecule has 0 amide bonds. The third-order valence-electron chi connectivity index (χ3n) is 4.75. The van der Waals surface area contributed by atoms with Gasteiger partial charge in [0.2, 0.25) is 0 Å². The van der Waals surface area contributed by atoms with Crippen LogP contribution in [0.15, 0.2) is 24.3 Å². The lowest BCUT2D eigenvalue weighted by molar-refractivity contribution is 0.121. The van der Waals surface area contributed by atoms with Crippen molar-refractivity contribution >= 4 is 0 Å². The van der Waals surface area contributed by atoms with Crippen LogP contribution in [0.4, 0.5) is 0 Å². The predicted molar refractivity (Wildman–Crippen MR) is 82.2 cm³/mol. The fourth-order valence-corrected chi connectivity index (χ4v) is 3.50. The highest BCUT2D eigenvalue weighted by Crippen LogP contribution is 2.32. The number of aryl methyl sites for hydroxylation is 1. The van der Waals surface area contributed by atoms with E-state index in [0.717, 1.165) is 5.92 Å². The summed E-state index contributed by atoms with van der Waals surface area (Å²) in [5, 5.41) is 0. The second kappa shape index (κ2) is 6.53. The van der Waals surface area contributed by atoms with Crippen LogP contribution < -0.4 is 5.73 Å². The Labute approximate surface area is 118 Å². The molecule has 3 atom stereocenters. The summed E-state index contributed by atoms with van der Waals surface area (Å²) >= 11 is 0. The zero-order valence-corrected chi connectivity index (χ0v) is 12.6. The number of nitrogens with zero attached hydrogens (tertiary/aromatic N) is 1. The van der Waals surface area contributed by atoms with Gasteiger partial charge in [-0.05, 0) is 43.9 Å². The summed E-state index contributed by atoms with van der Waals surface area (Å²) in [5.74, 6) is 0.858. The first-order valence-electron chi connectivity index (χ1n) is 7.61. The molecule has 0 saturated heterocycles. The van der Waals surface area contributed by atoms with E-state index in [-0.39, 0.29) is 0 Å². The molecule has 0 spiro atoms. The third kappa shape index (κ3) is 3.37. The van der Waals surface area contributed by atoms with Crippen molar-refractivity contribution in [3.8, 4) is 0 Å². The summed E-state index contributed by atoms with van der Waals surface area (Å²) in [5.41, 5.74) is 8.82. The van der Waals surface area contributed by atoms with Crippen molar-refractivity contribution in [3.63, 3.8) is 0 Å². The van der Waals surface area contributed by atoms with E-state index in [1.165, 1.54) is 36.8 Å². The lowest BCUT2D eigenvalue weighted by atomic mass is 9.85. The van der Waals surface area contributed by atoms with Crippen LogP contribution in [0, 0.1) is 12.8 Å². The monoisotopic (exact) mass is 260 g/mol. The van der Waals surface area contributed by atoms with E-state index in [1.54, 1.807) is 0 Å². The highest BCUT2D eigenvalue weighted by molar-refractivity contribution is 5.29. The minimum Gasteiger partial charge on any atom is -0.329 e. The Balaban J connectivity index is 2.15. The van der Waals surface area contributed by atoms with Crippen LogP contribution in [0.5, 0.6) is 0 Å². The number of rotatable bonds is 4. The summed E-state index contributed by atoms with van der Waals surface area (Å²) in [6.07, 6.45) is 5.39. The van der Waals surface area contributed by atoms with Crippen LogP contribution in [-0.2, 0) is 0 Å². The second-order valence-electron chi connectivity index (χ2n) is 6.20. The number of likely N-dealkylation sites (N-methyl/N-ethyl adjacent to an activating group) is 1. The number of nitrogens with two attached hydrogens (primary N) is 1. The molecule has 106 valence electrons. The molecule has 0 bridgehead atoms. The van der Waals surface area contributed by atoms with Crippen LogP contribution in [0.1, 0.15) is 49.8 Å². The summed E-state index contributed by atoms with van der Waals surface area (Å²) in [7, 11) is 2.26. The van der Waals surface area contributed by atoms with E-state index in [1.807, 2.05) is 0 Å². The van der Waals surface area contributed by atoms with E-state index in [2.05, 4.69) is 50.1 Å². The molecular formula is C17H28N2. The third-order valence-corrected chi connectivity index (χ3v) is 4.75. The van der Waals surface area contributed by atoms with Crippen molar-refractivity contribution in [1.29, 1.82) is 0 Å². The Bertz CT molecular complexity index is 402. The molecule has 3 unspecified atom stereocenters. The molecule has 2 nitrogen and oxygen atoms in total. The summed E-state index contributed by atoms with van der Waals surface area (Å²) in [4.78, 5) is 2.53. The van der Waals surface area contributed by atoms with E-state index in [0.29, 0.717) is 18.6 Å². The van der Waals surface area contributed by atoms with Gasteiger partial charge in [-0.15, -0.1) is 0 Å². The molecule has 1 fully saturated rings. The van der Waals surface area contributed by atoms with Gasteiger partial charge in [0, 0.05) is 18.6 Å². The van der Waals surface area contributed by atoms with Gasteiger partial charge in [0.1, 0.15) is 0 Å². The molecular weight excluding hydrogens is 232 g/mol. The average molecular weight is 260 g/mol. The van der Waals surface area contributed by atoms with Gasteiger partial charge in [-0.1, -0.05) is 44.0 Å². The quantitative estimate of drug-likeness (QED) is 0.897. The lowest BCUT2D eigenvalue weighted by Gasteiger charge is -2.39. The largest absolute Gasteiger partial charge is 0.329 e. The molecule has 1 aromatic rings. The Morgan fingerprint density at radius 2 is 2.05 bits per heavy atom. The van der Waals surface area contributed by atoms with Crippen LogP contribution >= 0.6 is 0 Å². The van der Waals surface area contributed by atoms with Gasteiger partial charge in [0.15, 0.2) is 0 Å². The smallest absolute Gasteiger partial charge is 0.0472 e. The summed E-state index contributed by atoms with van der Waals surface area (Å²) in [6.45, 7) is 5.27. The first-order chi connectivity index (χ1) is 9.13. The van der Waals surface area contributed by atoms with Crippen molar-refractivity contribution in [2.45, 2.75) is 51.6 Å². The average Bonchev–Trinajstić information content (AvgIpc) is 2.41. The Morgan fingerprint density at radius 1 is 1.32 bits per heavy atom. The SMILES string of the molecule is Cc1ccccc1C(CN)N(C)C1CCCC(C)C1. The molecule has 0 radical (unpaired) electrons. The summed E-state index contributed by atoms with van der Waals surface area (Å²) < 4.78 is 0. The minimum absolute atomic E-state index is 0.358. The Hall–Kier alpha value is -0.860. The number of hydrogen-bond acceptors (Lipinski definition) is 2. The summed E-state index contributed by atoms with van der Waals surface area (Å²) in [6, 6.07) is 9.70. The van der Waals surface area contributed by atoms with Gasteiger partial charge in [-0.3, -0.25) is 4.90 Å². The topological polar surface area (TPSA) is 29.3 Å². The van der Waals surface area contributed by atoms with Gasteiger partial charge in [0.05, 0.1) is 0 Å². The first-order valence-corrected chi connectivity index (χ1v) is 7.61. The van der Waals surface area contributed by atoms with Gasteiger partial charge >= 0.3 is 0 Å². The molecule has 1 aliphatic rings. The highest BCUT2D eigenvalue weighted by Gasteiger charge is 2.27. The van der Waals surface area contributed by atoms with Crippen molar-refractivity contribution < 1.29 is 0 Å². The zero-order valence-electron chi connectivity index (χ0n) is 12.6. The number of benzene rings is 1. The molecule has 1 aromatic carbocycles. The predicted octanol–water partition coefficient (Wildman–Crippen LogP) is 3.51. The standard InChI is InChI=1S/C17H28N2/c1-13-7-6-9-15(11-13)19(3)17(12-18)16-10-5-4-8-14(16)2/h4-5,8,10,13,15,17H,6-7,9,11-12,18H2,1-3H3. The highest BCUT2D eigenvalue weighted by atomic mass is 15.2. The van der Waals surface area contributed by atoms with Crippen molar-refractivity contribution in [3.05, 3.63) is 35.4 Å². The fraction of sp³-hybridized carbons (Fsp3) is 0.647. The molecule has 19 heavy (non-hydrogen) atoms. The van der Waals surface area contributed by atoms with Gasteiger partial charge in [-0.25, -0.2) is 0 Å². The lowest BCUT2D eigenvalue weighted by Crippen LogP contribution is -2.41. The van der Waals surface area contributed by atoms with Gasteiger partial charge < -0.3 is 5.73 Å². The van der Waals surface area contributed by atoms with Crippen molar-refractivity contribution in [1.82, 2.24) is 4.90 Å². The Morgan fingerprint density at radius 3 is 2.68 bits per heavy atom. The normalized spacial score (nSPS) is 25.5. The van der Waals surface area contributed by atoms with Crippen LogP contribution in [-0.4, -0.2) is 24.5 Å². The van der Waals surface area contributed by atoms with Crippen LogP contribution in [0.25, 0.3) is 0 Å². The number of hydrogen-bond donors (Lipinski definition) is 1. The van der Waals surface area contributed by atoms with Crippen LogP contribution in [0.3, 0.4) is 0 Å². The molecule has 0 aliphatic heterocycles. The molecule has 2 N–H and O–H groups in total. The minimum atomic E-state index is 0.358. The first kappa shape index (κ1) is 14.5.